The molecule has 2 aromatic rings. The summed E-state index contributed by atoms with van der Waals surface area (Å²) in [5, 5.41) is 3.26. The molecule has 0 bridgehead atoms. The molecule has 2 N–H and O–H groups in total. The Kier molecular flexibility index (Phi) is 2.78. The summed E-state index contributed by atoms with van der Waals surface area (Å²) in [6, 6.07) is 11.8. The van der Waals surface area contributed by atoms with E-state index < -0.39 is 0 Å². The number of nitrogens with zero attached hydrogens (tertiary/aromatic N) is 1. The summed E-state index contributed by atoms with van der Waals surface area (Å²) < 4.78 is 1.83. The molecule has 19 heavy (non-hydrogen) atoms. The molecule has 1 aromatic heterocycles. The first-order valence-corrected chi connectivity index (χ1v) is 6.45. The maximum atomic E-state index is 12.3. The molecule has 0 saturated carbocycles. The van der Waals surface area contributed by atoms with E-state index in [2.05, 4.69) is 16.8 Å². The van der Waals surface area contributed by atoms with Gasteiger partial charge in [0.15, 0.2) is 0 Å². The Morgan fingerprint density at radius 2 is 1.89 bits per heavy atom. The number of hydrogen-bond donors (Lipinski definition) is 2. The van der Waals surface area contributed by atoms with Crippen molar-refractivity contribution in [2.24, 2.45) is 0 Å². The highest BCUT2D eigenvalue weighted by Gasteiger charge is 2.26. The van der Waals surface area contributed by atoms with Crippen LogP contribution in [0.3, 0.4) is 0 Å². The first-order chi connectivity index (χ1) is 9.15. The molecular weight excluding hydrogens is 238 g/mol. The number of fused-ring (bicyclic) bond motifs is 1. The van der Waals surface area contributed by atoms with Crippen molar-refractivity contribution in [2.45, 2.75) is 26.3 Å². The maximum absolute atomic E-state index is 12.3. The van der Waals surface area contributed by atoms with E-state index in [0.717, 1.165) is 23.5 Å². The van der Waals surface area contributed by atoms with Crippen LogP contribution in [0.2, 0.25) is 0 Å². The minimum atomic E-state index is -0.196. The smallest absolute Gasteiger partial charge is 0.261 e. The van der Waals surface area contributed by atoms with E-state index in [-0.39, 0.29) is 11.9 Å². The normalized spacial score (nSPS) is 16.8. The van der Waals surface area contributed by atoms with Crippen molar-refractivity contribution in [1.29, 1.82) is 0 Å². The SMILES string of the molecule is Cc1ccc(C)n1NC(=O)[C@@H]1Cc2ccccc2N1. The van der Waals surface area contributed by atoms with Crippen LogP contribution in [0.4, 0.5) is 5.69 Å². The number of nitrogens with one attached hydrogen (secondary N) is 2. The van der Waals surface area contributed by atoms with Gasteiger partial charge in [0.25, 0.3) is 5.91 Å². The summed E-state index contributed by atoms with van der Waals surface area (Å²) in [5.74, 6) is -0.00130. The molecular formula is C15H17N3O. The molecule has 0 spiro atoms. The van der Waals surface area contributed by atoms with Gasteiger partial charge in [-0.3, -0.25) is 14.9 Å². The van der Waals surface area contributed by atoms with Crippen molar-refractivity contribution in [3.63, 3.8) is 0 Å². The third kappa shape index (κ3) is 2.10. The summed E-state index contributed by atoms with van der Waals surface area (Å²) >= 11 is 0. The third-order valence-electron chi connectivity index (χ3n) is 3.58. The molecule has 1 aromatic carbocycles. The number of amides is 1. The van der Waals surface area contributed by atoms with E-state index in [4.69, 9.17) is 0 Å². The zero-order chi connectivity index (χ0) is 13.4. The standard InChI is InChI=1S/C15H17N3O/c1-10-7-8-11(2)18(10)17-15(19)14-9-12-5-3-4-6-13(12)16-14/h3-8,14,16H,9H2,1-2H3,(H,17,19)/t14-/m0/s1. The first-order valence-electron chi connectivity index (χ1n) is 6.45. The Balaban J connectivity index is 1.74. The monoisotopic (exact) mass is 255 g/mol. The molecule has 0 aliphatic carbocycles. The van der Waals surface area contributed by atoms with Crippen LogP contribution >= 0.6 is 0 Å². The molecule has 0 radical (unpaired) electrons. The number of carbonyl (C=O) groups excluding carboxylic acids is 1. The van der Waals surface area contributed by atoms with E-state index in [0.29, 0.717) is 0 Å². The lowest BCUT2D eigenvalue weighted by Gasteiger charge is -2.15. The Bertz CT molecular complexity index is 586. The molecule has 0 fully saturated rings. The van der Waals surface area contributed by atoms with Crippen molar-refractivity contribution in [1.82, 2.24) is 4.68 Å². The molecule has 3 rings (SSSR count). The lowest BCUT2D eigenvalue weighted by atomic mass is 10.1. The van der Waals surface area contributed by atoms with Gasteiger partial charge < -0.3 is 5.32 Å². The highest BCUT2D eigenvalue weighted by Crippen LogP contribution is 2.25. The van der Waals surface area contributed by atoms with E-state index in [1.54, 1.807) is 0 Å². The average molecular weight is 255 g/mol. The van der Waals surface area contributed by atoms with Crippen molar-refractivity contribution in [3.8, 4) is 0 Å². The molecule has 0 unspecified atom stereocenters. The number of para-hydroxylation sites is 1. The topological polar surface area (TPSA) is 46.1 Å². The molecule has 98 valence electrons. The van der Waals surface area contributed by atoms with Gasteiger partial charge in [0, 0.05) is 23.5 Å². The van der Waals surface area contributed by atoms with Crippen LogP contribution in [0.5, 0.6) is 0 Å². The second kappa shape index (κ2) is 4.46. The molecule has 1 atom stereocenters. The summed E-state index contributed by atoms with van der Waals surface area (Å²) in [4.78, 5) is 12.3. The van der Waals surface area contributed by atoms with Gasteiger partial charge >= 0.3 is 0 Å². The number of benzene rings is 1. The number of anilines is 1. The van der Waals surface area contributed by atoms with Crippen LogP contribution in [-0.2, 0) is 11.2 Å². The van der Waals surface area contributed by atoms with Gasteiger partial charge in [0.2, 0.25) is 0 Å². The molecule has 1 aliphatic rings. The maximum Gasteiger partial charge on any atom is 0.261 e. The van der Waals surface area contributed by atoms with Crippen molar-refractivity contribution >= 4 is 11.6 Å². The Morgan fingerprint density at radius 1 is 1.21 bits per heavy atom. The number of rotatable bonds is 2. The fraction of sp³-hybridized carbons (Fsp3) is 0.267. The fourth-order valence-electron chi connectivity index (χ4n) is 2.49. The Morgan fingerprint density at radius 3 is 2.58 bits per heavy atom. The van der Waals surface area contributed by atoms with Gasteiger partial charge in [-0.15, -0.1) is 0 Å². The van der Waals surface area contributed by atoms with Gasteiger partial charge in [-0.05, 0) is 37.6 Å². The minimum absolute atomic E-state index is 0.00130. The van der Waals surface area contributed by atoms with Gasteiger partial charge in [0.1, 0.15) is 6.04 Å². The largest absolute Gasteiger partial charge is 0.373 e. The number of aryl methyl sites for hydroxylation is 2. The summed E-state index contributed by atoms with van der Waals surface area (Å²) in [7, 11) is 0. The second-order valence-electron chi connectivity index (χ2n) is 4.99. The van der Waals surface area contributed by atoms with Crippen molar-refractivity contribution in [3.05, 3.63) is 53.3 Å². The Hall–Kier alpha value is -2.23. The van der Waals surface area contributed by atoms with Gasteiger partial charge in [0.05, 0.1) is 0 Å². The first kappa shape index (κ1) is 11.8. The summed E-state index contributed by atoms with van der Waals surface area (Å²) in [6.45, 7) is 3.95. The minimum Gasteiger partial charge on any atom is -0.373 e. The number of aromatic nitrogens is 1. The highest BCUT2D eigenvalue weighted by atomic mass is 16.2. The summed E-state index contributed by atoms with van der Waals surface area (Å²) in [5.41, 5.74) is 7.27. The number of hydrogen-bond acceptors (Lipinski definition) is 2. The van der Waals surface area contributed by atoms with Crippen LogP contribution in [0.1, 0.15) is 17.0 Å². The van der Waals surface area contributed by atoms with E-state index in [1.807, 2.05) is 48.9 Å². The van der Waals surface area contributed by atoms with Crippen molar-refractivity contribution < 1.29 is 4.79 Å². The van der Waals surface area contributed by atoms with E-state index >= 15 is 0 Å². The van der Waals surface area contributed by atoms with Crippen LogP contribution < -0.4 is 10.7 Å². The quantitative estimate of drug-likeness (QED) is 0.864. The van der Waals surface area contributed by atoms with Crippen LogP contribution in [-0.4, -0.2) is 16.6 Å². The molecule has 1 amide bonds. The van der Waals surface area contributed by atoms with Gasteiger partial charge in [-0.25, -0.2) is 0 Å². The zero-order valence-electron chi connectivity index (χ0n) is 11.1. The predicted octanol–water partition coefficient (Wildman–Crippen LogP) is 2.21. The fourth-order valence-corrected chi connectivity index (χ4v) is 2.49. The molecule has 0 saturated heterocycles. The van der Waals surface area contributed by atoms with E-state index in [1.165, 1.54) is 5.56 Å². The van der Waals surface area contributed by atoms with Crippen LogP contribution in [0.25, 0.3) is 0 Å². The third-order valence-corrected chi connectivity index (χ3v) is 3.58. The van der Waals surface area contributed by atoms with Crippen LogP contribution in [0.15, 0.2) is 36.4 Å². The summed E-state index contributed by atoms with van der Waals surface area (Å²) in [6.07, 6.45) is 0.737. The molecule has 4 heteroatoms. The lowest BCUT2D eigenvalue weighted by Crippen LogP contribution is -2.37. The van der Waals surface area contributed by atoms with Crippen molar-refractivity contribution in [2.75, 3.05) is 10.7 Å². The average Bonchev–Trinajstić information content (AvgIpc) is 2.97. The highest BCUT2D eigenvalue weighted by molar-refractivity contribution is 5.93. The molecule has 4 nitrogen and oxygen atoms in total. The van der Waals surface area contributed by atoms with Crippen LogP contribution in [0, 0.1) is 13.8 Å². The predicted molar refractivity (Wildman–Crippen MR) is 75.8 cm³/mol. The van der Waals surface area contributed by atoms with Gasteiger partial charge in [-0.1, -0.05) is 18.2 Å². The molecule has 2 heterocycles. The molecule has 1 aliphatic heterocycles. The number of carbonyl (C=O) groups is 1. The second-order valence-corrected chi connectivity index (χ2v) is 4.99. The Labute approximate surface area is 112 Å². The van der Waals surface area contributed by atoms with E-state index in [9.17, 15) is 4.79 Å². The zero-order valence-corrected chi connectivity index (χ0v) is 11.1. The van der Waals surface area contributed by atoms with Gasteiger partial charge in [-0.2, -0.15) is 0 Å². The lowest BCUT2D eigenvalue weighted by molar-refractivity contribution is -0.117.